The molecule has 51 heavy (non-hydrogen) atoms. The number of hydrogen-bond acceptors (Lipinski definition) is 3. The van der Waals surface area contributed by atoms with Crippen LogP contribution in [-0.4, -0.2) is 9.13 Å². The molecule has 0 aliphatic heterocycles. The van der Waals surface area contributed by atoms with Gasteiger partial charge in [0.2, 0.25) is 0 Å². The maximum atomic E-state index is 10.4. The van der Waals surface area contributed by atoms with Crippen LogP contribution in [0, 0.1) is 45.8 Å². The third-order valence-corrected chi connectivity index (χ3v) is 10.9. The summed E-state index contributed by atoms with van der Waals surface area (Å²) in [5.41, 5.74) is 12.4. The van der Waals surface area contributed by atoms with Gasteiger partial charge in [0.15, 0.2) is 0 Å². The zero-order valence-corrected chi connectivity index (χ0v) is 28.2. The van der Waals surface area contributed by atoms with Crippen molar-refractivity contribution >= 4 is 55.8 Å². The molecule has 0 spiro atoms. The van der Waals surface area contributed by atoms with Gasteiger partial charge in [-0.3, -0.25) is 0 Å². The Morgan fingerprint density at radius 2 is 1.33 bits per heavy atom. The molecule has 0 N–H and O–H groups in total. The van der Waals surface area contributed by atoms with E-state index in [9.17, 15) is 15.8 Å². The van der Waals surface area contributed by atoms with Crippen LogP contribution in [0.25, 0.3) is 55.8 Å². The summed E-state index contributed by atoms with van der Waals surface area (Å²) < 4.78 is 4.64. The zero-order valence-electron chi connectivity index (χ0n) is 28.2. The summed E-state index contributed by atoms with van der Waals surface area (Å²) in [5, 5.41) is 33.9. The summed E-state index contributed by atoms with van der Waals surface area (Å²) in [6, 6.07) is 41.4. The molecule has 242 valence electrons. The first-order chi connectivity index (χ1) is 25.1. The highest BCUT2D eigenvalue weighted by atomic mass is 15.0. The van der Waals surface area contributed by atoms with Crippen molar-refractivity contribution in [2.45, 2.75) is 32.1 Å². The highest BCUT2D eigenvalue weighted by Gasteiger charge is 2.29. The number of rotatable bonds is 4. The standard InChI is InChI=1S/C46H33N5/c1-29-21-45-41(25-35(29)28-49)40-12-4-5-14-42(40)50(45)36-23-30(26-47)22-34(24-36)31-17-19-32(20-18-31)37-13-8-9-33(27-48)46(37)51-43-15-6-2-10-38(43)39-11-3-7-16-44(39)51/h2-8,10-20,22-23,25,29,33-34H,9,21,24H2,1H3. The molecule has 3 unspecified atom stereocenters. The van der Waals surface area contributed by atoms with Gasteiger partial charge in [-0.05, 0) is 66.7 Å². The van der Waals surface area contributed by atoms with E-state index in [-0.39, 0.29) is 17.8 Å². The van der Waals surface area contributed by atoms with Crippen LogP contribution in [0.5, 0.6) is 0 Å². The Hall–Kier alpha value is -6.61. The van der Waals surface area contributed by atoms with E-state index in [2.05, 4.69) is 150 Å². The number of hydrogen-bond donors (Lipinski definition) is 0. The van der Waals surface area contributed by atoms with Crippen LogP contribution in [0.4, 0.5) is 0 Å². The van der Waals surface area contributed by atoms with E-state index in [1.807, 2.05) is 12.1 Å². The molecule has 0 saturated heterocycles. The fraction of sp³-hybridized carbons (Fsp3) is 0.152. The molecule has 5 nitrogen and oxygen atoms in total. The fourth-order valence-corrected chi connectivity index (χ4v) is 8.51. The van der Waals surface area contributed by atoms with Crippen LogP contribution >= 0.6 is 0 Å². The van der Waals surface area contributed by atoms with Crippen molar-refractivity contribution in [2.75, 3.05) is 0 Å². The van der Waals surface area contributed by atoms with Crippen molar-refractivity contribution in [3.8, 4) is 18.2 Å². The first kappa shape index (κ1) is 30.4. The lowest BCUT2D eigenvalue weighted by Gasteiger charge is -2.26. The van der Waals surface area contributed by atoms with Crippen LogP contribution in [0.1, 0.15) is 48.1 Å². The predicted octanol–water partition coefficient (Wildman–Crippen LogP) is 10.8. The first-order valence-corrected chi connectivity index (χ1v) is 17.5. The van der Waals surface area contributed by atoms with Gasteiger partial charge in [-0.1, -0.05) is 104 Å². The van der Waals surface area contributed by atoms with Gasteiger partial charge in [0.25, 0.3) is 0 Å². The van der Waals surface area contributed by atoms with Crippen molar-refractivity contribution in [3.05, 3.63) is 155 Å². The molecular weight excluding hydrogens is 623 g/mol. The molecule has 3 aliphatic rings. The lowest BCUT2D eigenvalue weighted by Crippen LogP contribution is -2.15. The van der Waals surface area contributed by atoms with Gasteiger partial charge >= 0.3 is 0 Å². The number of fused-ring (bicyclic) bond motifs is 6. The molecule has 4 aromatic carbocycles. The SMILES string of the molecule is CC1Cc2c(c3ccccc3n2C2=CC(C#N)=CC(c3ccc(C4=C(n5c6ccccc6c6ccccc65)C(C#N)CC=C4)cc3)C2)C=C1C#N. The molecule has 0 fully saturated rings. The molecule has 9 rings (SSSR count). The van der Waals surface area contributed by atoms with Crippen molar-refractivity contribution in [1.29, 1.82) is 15.8 Å². The second-order valence-electron chi connectivity index (χ2n) is 13.8. The van der Waals surface area contributed by atoms with Crippen LogP contribution in [-0.2, 0) is 6.42 Å². The number of benzene rings is 4. The maximum absolute atomic E-state index is 10.4. The third kappa shape index (κ3) is 4.80. The van der Waals surface area contributed by atoms with E-state index < -0.39 is 0 Å². The quantitative estimate of drug-likeness (QED) is 0.189. The molecule has 5 heteroatoms. The Kier molecular flexibility index (Phi) is 7.20. The lowest BCUT2D eigenvalue weighted by atomic mass is 9.85. The Bertz CT molecular complexity index is 2660. The average Bonchev–Trinajstić information content (AvgIpc) is 3.69. The van der Waals surface area contributed by atoms with Crippen molar-refractivity contribution in [3.63, 3.8) is 0 Å². The van der Waals surface area contributed by atoms with Gasteiger partial charge < -0.3 is 9.13 Å². The lowest BCUT2D eigenvalue weighted by molar-refractivity contribution is 0.664. The normalized spacial score (nSPS) is 20.0. The summed E-state index contributed by atoms with van der Waals surface area (Å²) in [7, 11) is 0. The number of para-hydroxylation sites is 3. The Labute approximate surface area is 296 Å². The molecule has 0 radical (unpaired) electrons. The van der Waals surface area contributed by atoms with Crippen molar-refractivity contribution < 1.29 is 0 Å². The molecule has 0 amide bonds. The summed E-state index contributed by atoms with van der Waals surface area (Å²) in [4.78, 5) is 0. The van der Waals surface area contributed by atoms with Crippen molar-refractivity contribution in [1.82, 2.24) is 9.13 Å². The number of nitrogens with zero attached hydrogens (tertiary/aromatic N) is 5. The van der Waals surface area contributed by atoms with Gasteiger partial charge in [-0.2, -0.15) is 15.8 Å². The maximum Gasteiger partial charge on any atom is 0.0989 e. The second-order valence-corrected chi connectivity index (χ2v) is 13.8. The zero-order chi connectivity index (χ0) is 34.6. The number of nitriles is 3. The van der Waals surface area contributed by atoms with E-state index in [1.54, 1.807) is 0 Å². The van der Waals surface area contributed by atoms with E-state index in [1.165, 1.54) is 16.5 Å². The smallest absolute Gasteiger partial charge is 0.0989 e. The van der Waals surface area contributed by atoms with Gasteiger partial charge in [-0.15, -0.1) is 0 Å². The van der Waals surface area contributed by atoms with Crippen LogP contribution in [0.2, 0.25) is 0 Å². The summed E-state index contributed by atoms with van der Waals surface area (Å²) in [6.07, 6.45) is 12.6. The molecule has 2 heterocycles. The van der Waals surface area contributed by atoms with Crippen molar-refractivity contribution in [2.24, 2.45) is 11.8 Å². The first-order valence-electron chi connectivity index (χ1n) is 17.5. The van der Waals surface area contributed by atoms with Gasteiger partial charge in [0.1, 0.15) is 0 Å². The number of allylic oxidation sites excluding steroid dienone is 9. The van der Waals surface area contributed by atoms with Gasteiger partial charge in [0.05, 0.1) is 46.2 Å². The molecule has 0 saturated carbocycles. The Morgan fingerprint density at radius 1 is 0.686 bits per heavy atom. The van der Waals surface area contributed by atoms with E-state index in [0.717, 1.165) is 74.0 Å². The molecule has 6 aromatic rings. The third-order valence-electron chi connectivity index (χ3n) is 10.9. The fourth-order valence-electron chi connectivity index (χ4n) is 8.51. The summed E-state index contributed by atoms with van der Waals surface area (Å²) in [6.45, 7) is 2.11. The highest BCUT2D eigenvalue weighted by Crippen LogP contribution is 2.44. The predicted molar refractivity (Wildman–Crippen MR) is 206 cm³/mol. The van der Waals surface area contributed by atoms with Gasteiger partial charge in [0, 0.05) is 55.9 Å². The summed E-state index contributed by atoms with van der Waals surface area (Å²) >= 11 is 0. The van der Waals surface area contributed by atoms with E-state index >= 15 is 0 Å². The largest absolute Gasteiger partial charge is 0.317 e. The minimum absolute atomic E-state index is 0.0104. The Morgan fingerprint density at radius 3 is 1.98 bits per heavy atom. The molecule has 2 aromatic heterocycles. The topological polar surface area (TPSA) is 81.2 Å². The van der Waals surface area contributed by atoms with Crippen LogP contribution in [0.15, 0.2) is 133 Å². The molecular formula is C46H33N5. The minimum Gasteiger partial charge on any atom is -0.317 e. The van der Waals surface area contributed by atoms with E-state index in [0.29, 0.717) is 12.0 Å². The monoisotopic (exact) mass is 655 g/mol. The highest BCUT2D eigenvalue weighted by molar-refractivity contribution is 6.12. The van der Waals surface area contributed by atoms with Crippen LogP contribution < -0.4 is 0 Å². The summed E-state index contributed by atoms with van der Waals surface area (Å²) in [5.74, 6) is -0.156. The number of aromatic nitrogens is 2. The molecule has 3 aliphatic carbocycles. The second kappa shape index (κ2) is 12.1. The van der Waals surface area contributed by atoms with Crippen LogP contribution in [0.3, 0.4) is 0 Å². The Balaban J connectivity index is 1.13. The van der Waals surface area contributed by atoms with Gasteiger partial charge in [-0.25, -0.2) is 0 Å². The molecule has 3 atom stereocenters. The molecule has 0 bridgehead atoms. The average molecular weight is 656 g/mol. The van der Waals surface area contributed by atoms with E-state index in [4.69, 9.17) is 0 Å². The minimum atomic E-state index is -0.292.